The second-order valence-electron chi connectivity index (χ2n) is 5.55. The predicted molar refractivity (Wildman–Crippen MR) is 97.4 cm³/mol. The molecule has 0 N–H and O–H groups in total. The van der Waals surface area contributed by atoms with E-state index in [1.165, 1.54) is 23.7 Å². The normalized spacial score (nSPS) is 14.2. The molecule has 1 aromatic rings. The van der Waals surface area contributed by atoms with Crippen molar-refractivity contribution in [2.75, 3.05) is 0 Å². The van der Waals surface area contributed by atoms with E-state index in [1.807, 2.05) is 13.0 Å². The Morgan fingerprint density at radius 2 is 2.00 bits per heavy atom. The Labute approximate surface area is 135 Å². The minimum absolute atomic E-state index is 0.149. The lowest BCUT2D eigenvalue weighted by atomic mass is 10.1. The Morgan fingerprint density at radius 3 is 2.43 bits per heavy atom. The van der Waals surface area contributed by atoms with Crippen molar-refractivity contribution in [1.29, 1.82) is 0 Å². The average molecular weight is 324 g/mol. The van der Waals surface area contributed by atoms with E-state index in [2.05, 4.69) is 50.7 Å². The van der Waals surface area contributed by atoms with Crippen molar-refractivity contribution in [2.24, 2.45) is 0 Å². The lowest BCUT2D eigenvalue weighted by Gasteiger charge is -2.33. The third kappa shape index (κ3) is 5.20. The molecule has 0 amide bonds. The molecule has 0 spiro atoms. The first-order chi connectivity index (χ1) is 10.00. The van der Waals surface area contributed by atoms with E-state index in [4.69, 9.17) is 4.43 Å². The number of aryl methyl sites for hydroxylation is 1. The molecule has 1 aromatic heterocycles. The van der Waals surface area contributed by atoms with E-state index >= 15 is 0 Å². The third-order valence-corrected chi connectivity index (χ3v) is 9.67. The van der Waals surface area contributed by atoms with E-state index in [0.29, 0.717) is 0 Å². The zero-order chi connectivity index (χ0) is 15.9. The van der Waals surface area contributed by atoms with Gasteiger partial charge >= 0.3 is 0 Å². The van der Waals surface area contributed by atoms with E-state index < -0.39 is 8.32 Å². The first kappa shape index (κ1) is 18.3. The van der Waals surface area contributed by atoms with Crippen molar-refractivity contribution in [1.82, 2.24) is 4.98 Å². The van der Waals surface area contributed by atoms with Crippen LogP contribution >= 0.6 is 11.3 Å². The van der Waals surface area contributed by atoms with Gasteiger partial charge in [0, 0.05) is 5.38 Å². The number of thiazole rings is 1. The van der Waals surface area contributed by atoms with Gasteiger partial charge in [0.2, 0.25) is 0 Å². The Balaban J connectivity index is 2.94. The molecular formula is C17H29NOSSi. The fraction of sp³-hybridized carbons (Fsp3) is 0.588. The fourth-order valence-corrected chi connectivity index (χ4v) is 6.01. The summed E-state index contributed by atoms with van der Waals surface area (Å²) < 4.78 is 6.64. The van der Waals surface area contributed by atoms with Crippen LogP contribution in [0.15, 0.2) is 23.6 Å². The smallest absolute Gasteiger partial charge is 0.192 e. The Kier molecular flexibility index (Phi) is 7.56. The van der Waals surface area contributed by atoms with Crippen LogP contribution in [0.25, 0.3) is 6.08 Å². The van der Waals surface area contributed by atoms with Crippen LogP contribution in [-0.4, -0.2) is 19.4 Å². The number of nitrogens with zero attached hydrogens (tertiary/aromatic N) is 1. The molecule has 1 atom stereocenters. The van der Waals surface area contributed by atoms with Gasteiger partial charge in [-0.1, -0.05) is 26.8 Å². The maximum absolute atomic E-state index is 6.64. The summed E-state index contributed by atoms with van der Waals surface area (Å²) in [5.74, 6) is 0. The molecule has 4 heteroatoms. The largest absolute Gasteiger partial charge is 0.410 e. The van der Waals surface area contributed by atoms with Gasteiger partial charge in [0.1, 0.15) is 0 Å². The van der Waals surface area contributed by atoms with Gasteiger partial charge in [-0.3, -0.25) is 0 Å². The minimum atomic E-state index is -1.60. The number of hydrogen-bond acceptors (Lipinski definition) is 3. The Hall–Kier alpha value is -0.713. The third-order valence-electron chi connectivity index (χ3n) is 4.23. The highest BCUT2D eigenvalue weighted by molar-refractivity contribution is 7.09. The second-order valence-corrected chi connectivity index (χ2v) is 11.3. The summed E-state index contributed by atoms with van der Waals surface area (Å²) in [7, 11) is -1.60. The van der Waals surface area contributed by atoms with Crippen LogP contribution in [0.1, 0.15) is 44.8 Å². The predicted octanol–water partition coefficient (Wildman–Crippen LogP) is 5.82. The van der Waals surface area contributed by atoms with Gasteiger partial charge in [-0.05, 0) is 50.0 Å². The summed E-state index contributed by atoms with van der Waals surface area (Å²) >= 11 is 1.69. The number of hydrogen-bond donors (Lipinski definition) is 0. The van der Waals surface area contributed by atoms with Crippen molar-refractivity contribution in [2.45, 2.75) is 65.3 Å². The van der Waals surface area contributed by atoms with Gasteiger partial charge in [-0.15, -0.1) is 17.9 Å². The molecule has 0 saturated carbocycles. The molecule has 2 nitrogen and oxygen atoms in total. The first-order valence-electron chi connectivity index (χ1n) is 7.89. The second kappa shape index (κ2) is 8.66. The minimum Gasteiger partial charge on any atom is -0.410 e. The molecule has 0 radical (unpaired) electrons. The van der Waals surface area contributed by atoms with Crippen LogP contribution in [0.5, 0.6) is 0 Å². The number of aromatic nitrogens is 1. The van der Waals surface area contributed by atoms with Crippen LogP contribution in [0.2, 0.25) is 18.1 Å². The number of rotatable bonds is 9. The molecule has 0 aromatic carbocycles. The lowest BCUT2D eigenvalue weighted by molar-refractivity contribution is 0.225. The van der Waals surface area contributed by atoms with E-state index in [1.54, 1.807) is 11.3 Å². The molecule has 1 rings (SSSR count). The maximum atomic E-state index is 6.64. The first-order valence-corrected chi connectivity index (χ1v) is 11.3. The summed E-state index contributed by atoms with van der Waals surface area (Å²) in [5.41, 5.74) is 2.30. The van der Waals surface area contributed by atoms with Crippen molar-refractivity contribution in [3.8, 4) is 0 Å². The SMILES string of the molecule is C=CC[C@@H](O[Si](CC)(CC)CC)C(C)=Cc1csc(C)n1. The molecule has 0 aliphatic carbocycles. The summed E-state index contributed by atoms with van der Waals surface area (Å²) in [6, 6.07) is 3.53. The lowest BCUT2D eigenvalue weighted by Crippen LogP contribution is -2.40. The zero-order valence-corrected chi connectivity index (χ0v) is 15.9. The Morgan fingerprint density at radius 1 is 1.38 bits per heavy atom. The van der Waals surface area contributed by atoms with E-state index in [9.17, 15) is 0 Å². The molecule has 0 aliphatic heterocycles. The van der Waals surface area contributed by atoms with Gasteiger partial charge < -0.3 is 4.43 Å². The molecule has 0 unspecified atom stereocenters. The highest BCUT2D eigenvalue weighted by Gasteiger charge is 2.32. The van der Waals surface area contributed by atoms with Crippen molar-refractivity contribution in [3.05, 3.63) is 34.3 Å². The monoisotopic (exact) mass is 323 g/mol. The molecule has 1 heterocycles. The topological polar surface area (TPSA) is 22.1 Å². The molecule has 21 heavy (non-hydrogen) atoms. The van der Waals surface area contributed by atoms with Gasteiger partial charge in [-0.25, -0.2) is 4.98 Å². The van der Waals surface area contributed by atoms with Crippen molar-refractivity contribution in [3.63, 3.8) is 0 Å². The van der Waals surface area contributed by atoms with Gasteiger partial charge in [0.05, 0.1) is 16.8 Å². The summed E-state index contributed by atoms with van der Waals surface area (Å²) in [6.07, 6.45) is 5.16. The highest BCUT2D eigenvalue weighted by atomic mass is 32.1. The molecular weight excluding hydrogens is 294 g/mol. The van der Waals surface area contributed by atoms with E-state index in [-0.39, 0.29) is 6.10 Å². The molecule has 0 saturated heterocycles. The summed E-state index contributed by atoms with van der Waals surface area (Å²) in [6.45, 7) is 14.9. The fourth-order valence-electron chi connectivity index (χ4n) is 2.55. The quantitative estimate of drug-likeness (QED) is 0.422. The summed E-state index contributed by atoms with van der Waals surface area (Å²) in [5, 5.41) is 3.21. The zero-order valence-electron chi connectivity index (χ0n) is 14.1. The van der Waals surface area contributed by atoms with Gasteiger partial charge in [0.25, 0.3) is 0 Å². The van der Waals surface area contributed by atoms with Gasteiger partial charge in [0.15, 0.2) is 8.32 Å². The van der Waals surface area contributed by atoms with Crippen LogP contribution in [-0.2, 0) is 4.43 Å². The molecule has 118 valence electrons. The van der Waals surface area contributed by atoms with Crippen molar-refractivity contribution >= 4 is 25.7 Å². The van der Waals surface area contributed by atoms with E-state index in [0.717, 1.165) is 17.1 Å². The van der Waals surface area contributed by atoms with Crippen molar-refractivity contribution < 1.29 is 4.43 Å². The van der Waals surface area contributed by atoms with Crippen LogP contribution < -0.4 is 0 Å². The molecule has 0 bridgehead atoms. The standard InChI is InChI=1S/C17H29NOSSi/c1-7-11-17(19-21(8-2,9-3)10-4)14(5)12-16-13-20-15(6)18-16/h7,12-13,17H,1,8-11H2,2-6H3/t17-/m1/s1. The van der Waals surface area contributed by atoms with Crippen LogP contribution in [0.3, 0.4) is 0 Å². The van der Waals surface area contributed by atoms with Crippen LogP contribution in [0.4, 0.5) is 0 Å². The highest BCUT2D eigenvalue weighted by Crippen LogP contribution is 2.28. The average Bonchev–Trinajstić information content (AvgIpc) is 2.89. The Bertz CT molecular complexity index is 469. The summed E-state index contributed by atoms with van der Waals surface area (Å²) in [4.78, 5) is 4.52. The maximum Gasteiger partial charge on any atom is 0.192 e. The molecule has 0 fully saturated rings. The van der Waals surface area contributed by atoms with Gasteiger partial charge in [-0.2, -0.15) is 0 Å². The molecule has 0 aliphatic rings. The van der Waals surface area contributed by atoms with Crippen LogP contribution in [0, 0.1) is 6.92 Å².